The summed E-state index contributed by atoms with van der Waals surface area (Å²) in [6, 6.07) is 0.0934. The quantitative estimate of drug-likeness (QED) is 0.789. The molecule has 0 bridgehead atoms. The van der Waals surface area contributed by atoms with Gasteiger partial charge in [0.2, 0.25) is 5.91 Å². The number of hydrogen-bond donors (Lipinski definition) is 1. The molecule has 0 aromatic rings. The second-order valence-electron chi connectivity index (χ2n) is 3.85. The number of amides is 1. The Hall–Kier alpha value is 0.130. The Morgan fingerprint density at radius 2 is 2.47 bits per heavy atom. The third kappa shape index (κ3) is 3.89. The van der Waals surface area contributed by atoms with Crippen LogP contribution in [0.1, 0.15) is 12.8 Å². The summed E-state index contributed by atoms with van der Waals surface area (Å²) in [5.74, 6) is 3.30. The molecule has 1 unspecified atom stereocenters. The number of carbonyl (C=O) groups excluding carboxylic acids is 1. The van der Waals surface area contributed by atoms with Crippen molar-refractivity contribution in [3.8, 4) is 0 Å². The molecule has 88 valence electrons. The lowest BCUT2D eigenvalue weighted by atomic mass is 10.1. The van der Waals surface area contributed by atoms with Gasteiger partial charge in [-0.05, 0) is 30.6 Å². The minimum atomic E-state index is -0.312. The van der Waals surface area contributed by atoms with E-state index in [0.717, 1.165) is 24.3 Å². The molecule has 1 heterocycles. The Morgan fingerprint density at radius 3 is 3.00 bits per heavy atom. The summed E-state index contributed by atoms with van der Waals surface area (Å²) >= 11 is 3.66. The number of nitrogens with zero attached hydrogens (tertiary/aromatic N) is 1. The van der Waals surface area contributed by atoms with Crippen molar-refractivity contribution in [2.24, 2.45) is 5.73 Å². The van der Waals surface area contributed by atoms with Crippen molar-refractivity contribution in [2.45, 2.75) is 24.9 Å². The number of carbonyl (C=O) groups is 1. The summed E-state index contributed by atoms with van der Waals surface area (Å²) in [5.41, 5.74) is 5.86. The lowest BCUT2D eigenvalue weighted by Gasteiger charge is -2.26. The van der Waals surface area contributed by atoms with Crippen LogP contribution in [0.2, 0.25) is 0 Å². The van der Waals surface area contributed by atoms with Crippen molar-refractivity contribution >= 4 is 29.4 Å². The molecule has 5 heteroatoms. The van der Waals surface area contributed by atoms with Crippen LogP contribution in [0.3, 0.4) is 0 Å². The monoisotopic (exact) mass is 248 g/mol. The summed E-state index contributed by atoms with van der Waals surface area (Å²) in [5, 5.41) is 0. The number of thioether (sulfide) groups is 2. The smallest absolute Gasteiger partial charge is 0.239 e. The fraction of sp³-hybridized carbons (Fsp3) is 0.900. The first-order chi connectivity index (χ1) is 7.16. The first-order valence-electron chi connectivity index (χ1n) is 5.25. The molecule has 1 amide bonds. The van der Waals surface area contributed by atoms with Crippen molar-refractivity contribution in [3.05, 3.63) is 0 Å². The van der Waals surface area contributed by atoms with Gasteiger partial charge in [-0.2, -0.15) is 23.5 Å². The normalized spacial score (nSPS) is 22.7. The highest BCUT2D eigenvalue weighted by Crippen LogP contribution is 2.21. The maximum absolute atomic E-state index is 11.9. The molecular weight excluding hydrogens is 228 g/mol. The van der Waals surface area contributed by atoms with Crippen LogP contribution in [0.15, 0.2) is 0 Å². The van der Waals surface area contributed by atoms with Crippen molar-refractivity contribution in [3.63, 3.8) is 0 Å². The molecular formula is C10H20N2OS2. The van der Waals surface area contributed by atoms with Gasteiger partial charge in [-0.15, -0.1) is 0 Å². The van der Waals surface area contributed by atoms with E-state index >= 15 is 0 Å². The van der Waals surface area contributed by atoms with E-state index in [2.05, 4.69) is 0 Å². The van der Waals surface area contributed by atoms with E-state index in [1.165, 1.54) is 5.75 Å². The van der Waals surface area contributed by atoms with Crippen LogP contribution in [-0.2, 0) is 4.79 Å². The molecule has 0 saturated carbocycles. The van der Waals surface area contributed by atoms with E-state index < -0.39 is 0 Å². The average Bonchev–Trinajstić information content (AvgIpc) is 2.77. The molecule has 2 N–H and O–H groups in total. The van der Waals surface area contributed by atoms with Crippen LogP contribution < -0.4 is 5.73 Å². The zero-order chi connectivity index (χ0) is 11.3. The standard InChI is InChI=1S/C10H20N2OS2/c1-12(8-3-6-15-7-8)10(13)9(11)4-5-14-2/h8-9H,3-7,11H2,1-2H3/t8?,9-/m1/s1. The lowest BCUT2D eigenvalue weighted by molar-refractivity contribution is -0.132. The fourth-order valence-electron chi connectivity index (χ4n) is 1.64. The topological polar surface area (TPSA) is 46.3 Å². The maximum atomic E-state index is 11.9. The highest BCUT2D eigenvalue weighted by atomic mass is 32.2. The number of nitrogens with two attached hydrogens (primary N) is 1. The van der Waals surface area contributed by atoms with E-state index in [-0.39, 0.29) is 11.9 Å². The van der Waals surface area contributed by atoms with Gasteiger partial charge in [0, 0.05) is 18.8 Å². The Labute approximate surface area is 101 Å². The van der Waals surface area contributed by atoms with Crippen molar-refractivity contribution in [1.82, 2.24) is 4.90 Å². The first kappa shape index (κ1) is 13.2. The minimum absolute atomic E-state index is 0.108. The molecule has 3 nitrogen and oxygen atoms in total. The van der Waals surface area contributed by atoms with Crippen molar-refractivity contribution < 1.29 is 4.79 Å². The maximum Gasteiger partial charge on any atom is 0.239 e. The molecule has 0 aromatic heterocycles. The lowest BCUT2D eigenvalue weighted by Crippen LogP contribution is -2.46. The highest BCUT2D eigenvalue weighted by molar-refractivity contribution is 7.99. The molecule has 1 rings (SSSR count). The molecule has 2 atom stereocenters. The van der Waals surface area contributed by atoms with Gasteiger partial charge < -0.3 is 10.6 Å². The van der Waals surface area contributed by atoms with Gasteiger partial charge in [-0.25, -0.2) is 0 Å². The third-order valence-electron chi connectivity index (χ3n) is 2.75. The van der Waals surface area contributed by atoms with Crippen LogP contribution in [0.4, 0.5) is 0 Å². The number of likely N-dealkylation sites (N-methyl/N-ethyl adjacent to an activating group) is 1. The van der Waals surface area contributed by atoms with E-state index in [4.69, 9.17) is 5.73 Å². The van der Waals surface area contributed by atoms with Crippen molar-refractivity contribution in [1.29, 1.82) is 0 Å². The molecule has 15 heavy (non-hydrogen) atoms. The van der Waals surface area contributed by atoms with Gasteiger partial charge in [0.15, 0.2) is 0 Å². The van der Waals surface area contributed by atoms with Crippen LogP contribution in [0.5, 0.6) is 0 Å². The summed E-state index contributed by atoms with van der Waals surface area (Å²) in [7, 11) is 1.89. The molecule has 0 aromatic carbocycles. The summed E-state index contributed by atoms with van der Waals surface area (Å²) in [6.07, 6.45) is 3.93. The third-order valence-corrected chi connectivity index (χ3v) is 4.54. The average molecular weight is 248 g/mol. The predicted molar refractivity (Wildman–Crippen MR) is 69.5 cm³/mol. The van der Waals surface area contributed by atoms with E-state index in [9.17, 15) is 4.79 Å². The second-order valence-corrected chi connectivity index (χ2v) is 5.99. The van der Waals surface area contributed by atoms with Gasteiger partial charge in [0.1, 0.15) is 0 Å². The van der Waals surface area contributed by atoms with Crippen LogP contribution >= 0.6 is 23.5 Å². The summed E-state index contributed by atoms with van der Waals surface area (Å²) in [4.78, 5) is 13.8. The minimum Gasteiger partial charge on any atom is -0.341 e. The summed E-state index contributed by atoms with van der Waals surface area (Å²) in [6.45, 7) is 0. The number of hydrogen-bond acceptors (Lipinski definition) is 4. The van der Waals surface area contributed by atoms with Gasteiger partial charge in [0.25, 0.3) is 0 Å². The Balaban J connectivity index is 2.36. The molecule has 1 aliphatic rings. The van der Waals surface area contributed by atoms with Crippen LogP contribution in [-0.4, -0.2) is 53.5 Å². The number of rotatable bonds is 5. The van der Waals surface area contributed by atoms with Crippen molar-refractivity contribution in [2.75, 3.05) is 30.6 Å². The zero-order valence-electron chi connectivity index (χ0n) is 9.44. The highest BCUT2D eigenvalue weighted by Gasteiger charge is 2.26. The molecule has 0 aliphatic carbocycles. The Kier molecular flexibility index (Phi) is 5.86. The van der Waals surface area contributed by atoms with Gasteiger partial charge >= 0.3 is 0 Å². The van der Waals surface area contributed by atoms with E-state index in [1.807, 2.05) is 30.0 Å². The molecule has 0 spiro atoms. The van der Waals surface area contributed by atoms with E-state index in [0.29, 0.717) is 6.04 Å². The molecule has 1 aliphatic heterocycles. The van der Waals surface area contributed by atoms with E-state index in [1.54, 1.807) is 11.8 Å². The predicted octanol–water partition coefficient (Wildman–Crippen LogP) is 1.03. The first-order valence-corrected chi connectivity index (χ1v) is 7.80. The Bertz CT molecular complexity index is 208. The SMILES string of the molecule is CSCC[C@@H](N)C(=O)N(C)C1CCSC1. The van der Waals surface area contributed by atoms with Crippen LogP contribution in [0.25, 0.3) is 0 Å². The second kappa shape index (κ2) is 6.66. The fourth-order valence-corrected chi connectivity index (χ4v) is 3.39. The van der Waals surface area contributed by atoms with Gasteiger partial charge in [0.05, 0.1) is 6.04 Å². The van der Waals surface area contributed by atoms with Crippen LogP contribution in [0, 0.1) is 0 Å². The van der Waals surface area contributed by atoms with Gasteiger partial charge in [-0.3, -0.25) is 4.79 Å². The molecule has 1 fully saturated rings. The van der Waals surface area contributed by atoms with Gasteiger partial charge in [-0.1, -0.05) is 0 Å². The Morgan fingerprint density at radius 1 is 1.73 bits per heavy atom. The largest absolute Gasteiger partial charge is 0.341 e. The summed E-state index contributed by atoms with van der Waals surface area (Å²) < 4.78 is 0. The molecule has 1 saturated heterocycles. The molecule has 0 radical (unpaired) electrons. The zero-order valence-corrected chi connectivity index (χ0v) is 11.1.